The van der Waals surface area contributed by atoms with E-state index in [4.69, 9.17) is 0 Å². The van der Waals surface area contributed by atoms with Gasteiger partial charge in [0.05, 0.1) is 4.90 Å². The summed E-state index contributed by atoms with van der Waals surface area (Å²) < 4.78 is 26.6. The van der Waals surface area contributed by atoms with Gasteiger partial charge in [0.25, 0.3) is 10.1 Å². The molecule has 0 heterocycles. The molecule has 1 rings (SSSR count). The van der Waals surface area contributed by atoms with Gasteiger partial charge in [-0.1, -0.05) is 18.2 Å². The van der Waals surface area contributed by atoms with Crippen molar-refractivity contribution in [3.05, 3.63) is 30.3 Å². The van der Waals surface area contributed by atoms with Gasteiger partial charge in [0.15, 0.2) is 0 Å². The molecule has 76 valence electrons. The van der Waals surface area contributed by atoms with Gasteiger partial charge in [-0.2, -0.15) is 8.42 Å². The van der Waals surface area contributed by atoms with Crippen molar-refractivity contribution in [3.8, 4) is 0 Å². The minimum Gasteiger partial charge on any atom is -0.284 e. The summed E-state index contributed by atoms with van der Waals surface area (Å²) in [5, 5.41) is 0. The second kappa shape index (κ2) is 4.68. The maximum atomic E-state index is 11.3. The molecule has 0 unspecified atom stereocenters. The summed E-state index contributed by atoms with van der Waals surface area (Å²) in [5.41, 5.74) is 0. The van der Waals surface area contributed by atoms with Crippen molar-refractivity contribution in [2.24, 2.45) is 0 Å². The molecule has 0 amide bonds. The fourth-order valence-electron chi connectivity index (χ4n) is 0.779. The summed E-state index contributed by atoms with van der Waals surface area (Å²) in [6.07, 6.45) is 0. The quantitative estimate of drug-likeness (QED) is 0.616. The van der Waals surface area contributed by atoms with Crippen LogP contribution in [0.1, 0.15) is 0 Å². The van der Waals surface area contributed by atoms with Crippen LogP contribution in [-0.2, 0) is 19.1 Å². The number of hydrogen-bond donors (Lipinski definition) is 0. The molecular formula is C8H7BrO4S. The smallest absolute Gasteiger partial charge is 0.284 e. The molecule has 1 aromatic carbocycles. The van der Waals surface area contributed by atoms with E-state index in [1.807, 2.05) is 0 Å². The van der Waals surface area contributed by atoms with Crippen LogP contribution in [0.3, 0.4) is 0 Å². The van der Waals surface area contributed by atoms with Gasteiger partial charge in [-0.15, -0.1) is 0 Å². The average molecular weight is 279 g/mol. The Balaban J connectivity index is 2.82. The van der Waals surface area contributed by atoms with E-state index in [1.54, 1.807) is 18.2 Å². The normalized spacial score (nSPS) is 11.2. The Morgan fingerprint density at radius 2 is 1.86 bits per heavy atom. The second-order valence-corrected chi connectivity index (χ2v) is 4.88. The van der Waals surface area contributed by atoms with Crippen molar-refractivity contribution in [1.82, 2.24) is 0 Å². The first-order chi connectivity index (χ1) is 6.52. The van der Waals surface area contributed by atoms with Crippen LogP contribution >= 0.6 is 15.9 Å². The first kappa shape index (κ1) is 11.4. The van der Waals surface area contributed by atoms with E-state index in [0.717, 1.165) is 0 Å². The fraction of sp³-hybridized carbons (Fsp3) is 0.125. The molecule has 1 aromatic rings. The first-order valence-corrected chi connectivity index (χ1v) is 5.85. The van der Waals surface area contributed by atoms with Gasteiger partial charge >= 0.3 is 0 Å². The van der Waals surface area contributed by atoms with Crippen LogP contribution in [0.15, 0.2) is 35.2 Å². The standard InChI is InChI=1S/C8H7BrO4S/c9-8(10)6-13-14(11,12)7-4-2-1-3-5-7/h1-5H,6H2. The van der Waals surface area contributed by atoms with E-state index in [-0.39, 0.29) is 4.90 Å². The SMILES string of the molecule is O=C(Br)COS(=O)(=O)c1ccccc1. The van der Waals surface area contributed by atoms with Gasteiger partial charge in [0.2, 0.25) is 4.69 Å². The Labute approximate surface area is 90.1 Å². The van der Waals surface area contributed by atoms with E-state index in [0.29, 0.717) is 0 Å². The fourth-order valence-corrected chi connectivity index (χ4v) is 1.93. The lowest BCUT2D eigenvalue weighted by molar-refractivity contribution is -0.112. The number of carbonyl (C=O) groups excluding carboxylic acids is 1. The van der Waals surface area contributed by atoms with Crippen LogP contribution in [0.5, 0.6) is 0 Å². The zero-order valence-electron chi connectivity index (χ0n) is 7.01. The highest BCUT2D eigenvalue weighted by atomic mass is 79.9. The van der Waals surface area contributed by atoms with Crippen LogP contribution in [0.25, 0.3) is 0 Å². The van der Waals surface area contributed by atoms with Crippen molar-refractivity contribution in [1.29, 1.82) is 0 Å². The van der Waals surface area contributed by atoms with Crippen molar-refractivity contribution in [2.75, 3.05) is 6.61 Å². The van der Waals surface area contributed by atoms with Crippen LogP contribution < -0.4 is 0 Å². The minimum atomic E-state index is -3.81. The Morgan fingerprint density at radius 3 is 2.36 bits per heavy atom. The molecule has 0 saturated carbocycles. The molecule has 0 aliphatic rings. The third kappa shape index (κ3) is 3.21. The molecule has 0 aromatic heterocycles. The Kier molecular flexibility index (Phi) is 3.79. The minimum absolute atomic E-state index is 0.0359. The largest absolute Gasteiger partial charge is 0.297 e. The third-order valence-corrected chi connectivity index (χ3v) is 2.87. The molecule has 0 bridgehead atoms. The van der Waals surface area contributed by atoms with Gasteiger partial charge in [0, 0.05) is 0 Å². The summed E-state index contributed by atoms with van der Waals surface area (Å²) >= 11 is 2.57. The summed E-state index contributed by atoms with van der Waals surface area (Å²) in [4.78, 5) is 10.5. The third-order valence-electron chi connectivity index (χ3n) is 1.36. The maximum absolute atomic E-state index is 11.3. The zero-order chi connectivity index (χ0) is 10.6. The van der Waals surface area contributed by atoms with Gasteiger partial charge in [-0.3, -0.25) is 8.98 Å². The predicted octanol–water partition coefficient (Wildman–Crippen LogP) is 1.31. The lowest BCUT2D eigenvalue weighted by atomic mass is 10.4. The molecule has 0 aliphatic carbocycles. The zero-order valence-corrected chi connectivity index (χ0v) is 9.42. The first-order valence-electron chi connectivity index (χ1n) is 3.65. The molecule has 0 aliphatic heterocycles. The molecule has 14 heavy (non-hydrogen) atoms. The van der Waals surface area contributed by atoms with Gasteiger partial charge in [-0.05, 0) is 28.1 Å². The molecule has 4 nitrogen and oxygen atoms in total. The van der Waals surface area contributed by atoms with Gasteiger partial charge in [-0.25, -0.2) is 0 Å². The maximum Gasteiger partial charge on any atom is 0.297 e. The molecular weight excluding hydrogens is 272 g/mol. The molecule has 6 heteroatoms. The van der Waals surface area contributed by atoms with Crippen molar-refractivity contribution in [2.45, 2.75) is 4.90 Å². The van der Waals surface area contributed by atoms with Crippen molar-refractivity contribution in [3.63, 3.8) is 0 Å². The second-order valence-electron chi connectivity index (χ2n) is 2.38. The van der Waals surface area contributed by atoms with E-state index in [2.05, 4.69) is 20.1 Å². The van der Waals surface area contributed by atoms with Crippen LogP contribution in [0, 0.1) is 0 Å². The lowest BCUT2D eigenvalue weighted by Gasteiger charge is -2.02. The van der Waals surface area contributed by atoms with Crippen molar-refractivity contribution < 1.29 is 17.4 Å². The van der Waals surface area contributed by atoms with E-state index < -0.39 is 21.4 Å². The van der Waals surface area contributed by atoms with Gasteiger partial charge < -0.3 is 0 Å². The number of rotatable bonds is 4. The van der Waals surface area contributed by atoms with Crippen molar-refractivity contribution >= 4 is 30.7 Å². The van der Waals surface area contributed by atoms with Gasteiger partial charge in [0.1, 0.15) is 6.61 Å². The Hall–Kier alpha value is -0.720. The van der Waals surface area contributed by atoms with E-state index in [9.17, 15) is 13.2 Å². The summed E-state index contributed by atoms with van der Waals surface area (Å²) in [6, 6.07) is 7.63. The molecule has 0 N–H and O–H groups in total. The highest BCUT2D eigenvalue weighted by molar-refractivity contribution is 9.18. The molecule has 0 saturated heterocycles. The molecule has 0 fully saturated rings. The number of benzene rings is 1. The summed E-state index contributed by atoms with van der Waals surface area (Å²) in [5.74, 6) is 0. The van der Waals surface area contributed by atoms with Crippen LogP contribution in [0.4, 0.5) is 0 Å². The summed E-state index contributed by atoms with van der Waals surface area (Å²) in [6.45, 7) is -0.503. The highest BCUT2D eigenvalue weighted by Crippen LogP contribution is 2.11. The Bertz CT molecular complexity index is 412. The van der Waals surface area contributed by atoms with Crippen LogP contribution in [0.2, 0.25) is 0 Å². The average Bonchev–Trinajstić information content (AvgIpc) is 2.16. The molecule has 0 atom stereocenters. The van der Waals surface area contributed by atoms with Crippen LogP contribution in [-0.4, -0.2) is 19.7 Å². The summed E-state index contributed by atoms with van der Waals surface area (Å²) in [7, 11) is -3.81. The lowest BCUT2D eigenvalue weighted by Crippen LogP contribution is -2.10. The molecule has 0 radical (unpaired) electrons. The molecule has 0 spiro atoms. The topological polar surface area (TPSA) is 60.4 Å². The number of hydrogen-bond acceptors (Lipinski definition) is 4. The number of carbonyl (C=O) groups is 1. The Morgan fingerprint density at radius 1 is 1.29 bits per heavy atom. The predicted molar refractivity (Wildman–Crippen MR) is 53.5 cm³/mol. The van der Waals surface area contributed by atoms with E-state index >= 15 is 0 Å². The monoisotopic (exact) mass is 278 g/mol. The number of halogens is 1. The highest BCUT2D eigenvalue weighted by Gasteiger charge is 2.15. The van der Waals surface area contributed by atoms with E-state index in [1.165, 1.54) is 12.1 Å².